The minimum Gasteiger partial charge on any atom is -0.324 e. The van der Waals surface area contributed by atoms with Gasteiger partial charge in [0.05, 0.1) is 11.9 Å². The number of hydrogen-bond donors (Lipinski definition) is 1. The summed E-state index contributed by atoms with van der Waals surface area (Å²) in [6, 6.07) is 10.2. The van der Waals surface area contributed by atoms with Crippen LogP contribution < -0.4 is 9.62 Å². The van der Waals surface area contributed by atoms with Gasteiger partial charge in [-0.25, -0.2) is 8.42 Å². The molecule has 2 aromatic carbocycles. The van der Waals surface area contributed by atoms with E-state index < -0.39 is 15.9 Å². The van der Waals surface area contributed by atoms with Crippen LogP contribution in [0.3, 0.4) is 0 Å². The molecule has 25 heavy (non-hydrogen) atoms. The number of carbonyl (C=O) groups excluding carboxylic acids is 1. The lowest BCUT2D eigenvalue weighted by Crippen LogP contribution is -2.37. The van der Waals surface area contributed by atoms with Crippen LogP contribution >= 0.6 is 27.5 Å². The van der Waals surface area contributed by atoms with Crippen molar-refractivity contribution in [1.29, 1.82) is 0 Å². The van der Waals surface area contributed by atoms with E-state index in [9.17, 15) is 13.2 Å². The largest absolute Gasteiger partial charge is 0.324 e. The summed E-state index contributed by atoms with van der Waals surface area (Å²) in [5, 5.41) is 3.29. The van der Waals surface area contributed by atoms with Crippen LogP contribution in [0.5, 0.6) is 0 Å². The van der Waals surface area contributed by atoms with Gasteiger partial charge in [0, 0.05) is 15.2 Å². The Morgan fingerprint density at radius 2 is 1.84 bits per heavy atom. The van der Waals surface area contributed by atoms with Gasteiger partial charge < -0.3 is 5.32 Å². The molecule has 1 N–H and O–H groups in total. The number of hydrogen-bond acceptors (Lipinski definition) is 3. The van der Waals surface area contributed by atoms with Crippen LogP contribution in [0.15, 0.2) is 40.9 Å². The maximum absolute atomic E-state index is 12.4. The Morgan fingerprint density at radius 1 is 1.16 bits per heavy atom. The van der Waals surface area contributed by atoms with Crippen molar-refractivity contribution in [3.63, 3.8) is 0 Å². The fourth-order valence-electron chi connectivity index (χ4n) is 2.27. The highest BCUT2D eigenvalue weighted by molar-refractivity contribution is 9.10. The zero-order valence-corrected chi connectivity index (χ0v) is 17.2. The lowest BCUT2D eigenvalue weighted by molar-refractivity contribution is -0.114. The first-order valence-electron chi connectivity index (χ1n) is 7.38. The fourth-order valence-corrected chi connectivity index (χ4v) is 3.59. The molecule has 0 fully saturated rings. The molecule has 0 saturated carbocycles. The molecule has 8 heteroatoms. The molecular formula is C17H18BrClN2O3S. The van der Waals surface area contributed by atoms with E-state index in [1.165, 1.54) is 0 Å². The van der Waals surface area contributed by atoms with Crippen LogP contribution in [-0.4, -0.2) is 27.1 Å². The molecule has 2 aromatic rings. The standard InChI is InChI=1S/C17H18BrClN2O3S/c1-11-9-14(5-6-15(11)18)21(25(3,23)24)10-17(22)20-16-7-4-13(19)8-12(16)2/h4-9H,10H2,1-3H3,(H,20,22). The van der Waals surface area contributed by atoms with E-state index >= 15 is 0 Å². The Hall–Kier alpha value is -1.57. The van der Waals surface area contributed by atoms with Gasteiger partial charge in [0.1, 0.15) is 6.54 Å². The minimum atomic E-state index is -3.62. The van der Waals surface area contributed by atoms with Crippen LogP contribution in [0, 0.1) is 13.8 Å². The summed E-state index contributed by atoms with van der Waals surface area (Å²) in [4.78, 5) is 12.4. The van der Waals surface area contributed by atoms with Crippen LogP contribution in [0.2, 0.25) is 5.02 Å². The SMILES string of the molecule is Cc1cc(N(CC(=O)Nc2ccc(Cl)cc2C)S(C)(=O)=O)ccc1Br. The van der Waals surface area contributed by atoms with Crippen LogP contribution in [-0.2, 0) is 14.8 Å². The number of anilines is 2. The van der Waals surface area contributed by atoms with E-state index in [0.717, 1.165) is 26.2 Å². The normalized spacial score (nSPS) is 11.2. The van der Waals surface area contributed by atoms with Gasteiger partial charge in [-0.3, -0.25) is 9.10 Å². The molecule has 0 heterocycles. The number of amides is 1. The Kier molecular flexibility index (Phi) is 6.13. The number of nitrogens with zero attached hydrogens (tertiary/aromatic N) is 1. The average molecular weight is 446 g/mol. The van der Waals surface area contributed by atoms with Crippen molar-refractivity contribution in [1.82, 2.24) is 0 Å². The summed E-state index contributed by atoms with van der Waals surface area (Å²) >= 11 is 9.28. The number of nitrogens with one attached hydrogen (secondary N) is 1. The zero-order chi connectivity index (χ0) is 18.8. The molecule has 0 saturated heterocycles. The Bertz CT molecular complexity index is 916. The molecule has 0 aliphatic heterocycles. The lowest BCUT2D eigenvalue weighted by atomic mass is 10.2. The Balaban J connectivity index is 2.25. The van der Waals surface area contributed by atoms with Crippen LogP contribution in [0.1, 0.15) is 11.1 Å². The number of carbonyl (C=O) groups is 1. The van der Waals surface area contributed by atoms with Crippen molar-refractivity contribution < 1.29 is 13.2 Å². The van der Waals surface area contributed by atoms with Crippen molar-refractivity contribution >= 4 is 54.8 Å². The topological polar surface area (TPSA) is 66.5 Å². The first kappa shape index (κ1) is 19.8. The highest BCUT2D eigenvalue weighted by atomic mass is 79.9. The van der Waals surface area contributed by atoms with Crippen LogP contribution in [0.25, 0.3) is 0 Å². The predicted octanol–water partition coefficient (Wildman–Crippen LogP) is 4.12. The summed E-state index contributed by atoms with van der Waals surface area (Å²) in [6.45, 7) is 3.35. The zero-order valence-electron chi connectivity index (χ0n) is 14.0. The molecule has 134 valence electrons. The number of benzene rings is 2. The van der Waals surface area contributed by atoms with Crippen molar-refractivity contribution in [3.8, 4) is 0 Å². The lowest BCUT2D eigenvalue weighted by Gasteiger charge is -2.22. The smallest absolute Gasteiger partial charge is 0.245 e. The summed E-state index contributed by atoms with van der Waals surface area (Å²) in [7, 11) is -3.62. The second-order valence-corrected chi connectivity index (χ2v) is 8.91. The highest BCUT2D eigenvalue weighted by Crippen LogP contribution is 2.25. The van der Waals surface area contributed by atoms with Gasteiger partial charge in [0.2, 0.25) is 15.9 Å². The summed E-state index contributed by atoms with van der Waals surface area (Å²) < 4.78 is 26.2. The first-order chi connectivity index (χ1) is 11.6. The van der Waals surface area contributed by atoms with Gasteiger partial charge in [-0.2, -0.15) is 0 Å². The third kappa shape index (κ3) is 5.20. The van der Waals surface area contributed by atoms with E-state index in [-0.39, 0.29) is 6.54 Å². The Labute approximate surface area is 161 Å². The van der Waals surface area contributed by atoms with E-state index in [0.29, 0.717) is 16.4 Å². The summed E-state index contributed by atoms with van der Waals surface area (Å²) in [5.41, 5.74) is 2.70. The number of aryl methyl sites for hydroxylation is 2. The van der Waals surface area contributed by atoms with E-state index in [4.69, 9.17) is 11.6 Å². The van der Waals surface area contributed by atoms with Gasteiger partial charge in [-0.1, -0.05) is 27.5 Å². The highest BCUT2D eigenvalue weighted by Gasteiger charge is 2.21. The average Bonchev–Trinajstić information content (AvgIpc) is 2.49. The first-order valence-corrected chi connectivity index (χ1v) is 10.4. The molecule has 0 atom stereocenters. The molecule has 0 aliphatic rings. The van der Waals surface area contributed by atoms with E-state index in [1.807, 2.05) is 13.8 Å². The molecule has 0 aromatic heterocycles. The molecule has 1 amide bonds. The third-order valence-electron chi connectivity index (χ3n) is 3.58. The van der Waals surface area contributed by atoms with Crippen molar-refractivity contribution in [3.05, 3.63) is 57.0 Å². The molecule has 0 spiro atoms. The van der Waals surface area contributed by atoms with Gasteiger partial charge in [0.15, 0.2) is 0 Å². The molecule has 0 radical (unpaired) electrons. The maximum Gasteiger partial charge on any atom is 0.245 e. The number of sulfonamides is 1. The van der Waals surface area contributed by atoms with E-state index in [2.05, 4.69) is 21.2 Å². The summed E-state index contributed by atoms with van der Waals surface area (Å²) in [6.07, 6.45) is 1.07. The Morgan fingerprint density at radius 3 is 2.40 bits per heavy atom. The van der Waals surface area contributed by atoms with Crippen molar-refractivity contribution in [2.75, 3.05) is 22.4 Å². The molecule has 0 bridgehead atoms. The van der Waals surface area contributed by atoms with Gasteiger partial charge >= 0.3 is 0 Å². The van der Waals surface area contributed by atoms with Gasteiger partial charge in [-0.15, -0.1) is 0 Å². The fraction of sp³-hybridized carbons (Fsp3) is 0.235. The quantitative estimate of drug-likeness (QED) is 0.752. The van der Waals surface area contributed by atoms with Gasteiger partial charge in [0.25, 0.3) is 0 Å². The molecule has 0 aliphatic carbocycles. The molecule has 5 nitrogen and oxygen atoms in total. The molecule has 2 rings (SSSR count). The summed E-state index contributed by atoms with van der Waals surface area (Å²) in [5.74, 6) is -0.434. The van der Waals surface area contributed by atoms with Crippen molar-refractivity contribution in [2.24, 2.45) is 0 Å². The molecule has 0 unspecified atom stereocenters. The van der Waals surface area contributed by atoms with Gasteiger partial charge in [-0.05, 0) is 61.4 Å². The monoisotopic (exact) mass is 444 g/mol. The second-order valence-electron chi connectivity index (χ2n) is 5.71. The number of rotatable bonds is 5. The molecular weight excluding hydrogens is 428 g/mol. The second kappa shape index (κ2) is 7.76. The number of halogens is 2. The van der Waals surface area contributed by atoms with Crippen LogP contribution in [0.4, 0.5) is 11.4 Å². The predicted molar refractivity (Wildman–Crippen MR) is 106 cm³/mol. The maximum atomic E-state index is 12.4. The third-order valence-corrected chi connectivity index (χ3v) is 5.85. The minimum absolute atomic E-state index is 0.317. The van der Waals surface area contributed by atoms with Crippen molar-refractivity contribution in [2.45, 2.75) is 13.8 Å². The van der Waals surface area contributed by atoms with E-state index in [1.54, 1.807) is 36.4 Å².